The highest BCUT2D eigenvalue weighted by Crippen LogP contribution is 2.29. The lowest BCUT2D eigenvalue weighted by Gasteiger charge is -2.27. The molecule has 0 atom stereocenters. The van der Waals surface area contributed by atoms with Crippen molar-refractivity contribution in [3.8, 4) is 5.75 Å². The van der Waals surface area contributed by atoms with Gasteiger partial charge in [-0.3, -0.25) is 0 Å². The zero-order valence-corrected chi connectivity index (χ0v) is 19.1. The van der Waals surface area contributed by atoms with Gasteiger partial charge in [0.1, 0.15) is 11.4 Å². The highest BCUT2D eigenvalue weighted by atomic mass is 32.2. The van der Waals surface area contributed by atoms with Crippen molar-refractivity contribution < 1.29 is 14.6 Å². The first-order valence-electron chi connectivity index (χ1n) is 10.4. The summed E-state index contributed by atoms with van der Waals surface area (Å²) in [5, 5.41) is 9.62. The quantitative estimate of drug-likeness (QED) is 0.459. The number of aromatic hydroxyl groups is 1. The number of hydrogen-bond donors (Lipinski definition) is 1. The van der Waals surface area contributed by atoms with Crippen LogP contribution in [0.15, 0.2) is 88.7 Å². The molecule has 3 aromatic rings. The second kappa shape index (κ2) is 10.4. The van der Waals surface area contributed by atoms with Gasteiger partial charge in [-0.05, 0) is 68.7 Å². The van der Waals surface area contributed by atoms with Gasteiger partial charge in [0, 0.05) is 22.9 Å². The molecule has 0 aliphatic rings. The average Bonchev–Trinajstić information content (AvgIpc) is 2.72. The van der Waals surface area contributed by atoms with Crippen LogP contribution in [0.5, 0.6) is 5.75 Å². The molecule has 0 saturated heterocycles. The number of carbonyl (C=O) groups excluding carboxylic acids is 1. The van der Waals surface area contributed by atoms with Crippen LogP contribution in [0, 0.1) is 0 Å². The maximum atomic E-state index is 12.7. The SMILES string of the molecule is CC(C)(C)OC(=O)N(CCc1ccc(Sc2cccc(O)c2)cc1)Cc1ccccc1. The summed E-state index contributed by atoms with van der Waals surface area (Å²) < 4.78 is 5.62. The number of carbonyl (C=O) groups is 1. The molecule has 0 aromatic heterocycles. The van der Waals surface area contributed by atoms with Gasteiger partial charge in [0.2, 0.25) is 0 Å². The first-order valence-corrected chi connectivity index (χ1v) is 11.2. The molecule has 0 radical (unpaired) electrons. The lowest BCUT2D eigenvalue weighted by atomic mass is 10.1. The van der Waals surface area contributed by atoms with Gasteiger partial charge in [-0.15, -0.1) is 0 Å². The van der Waals surface area contributed by atoms with E-state index < -0.39 is 5.60 Å². The van der Waals surface area contributed by atoms with Crippen molar-refractivity contribution in [3.05, 3.63) is 90.0 Å². The van der Waals surface area contributed by atoms with Crippen LogP contribution in [0.1, 0.15) is 31.9 Å². The third-order valence-electron chi connectivity index (χ3n) is 4.52. The van der Waals surface area contributed by atoms with Crippen molar-refractivity contribution in [1.29, 1.82) is 0 Å². The van der Waals surface area contributed by atoms with Gasteiger partial charge in [-0.1, -0.05) is 60.3 Å². The smallest absolute Gasteiger partial charge is 0.410 e. The number of ether oxygens (including phenoxy) is 1. The summed E-state index contributed by atoms with van der Waals surface area (Å²) in [6.45, 7) is 6.74. The van der Waals surface area contributed by atoms with E-state index >= 15 is 0 Å². The number of phenolic OH excluding ortho intramolecular Hbond substituents is 1. The molecule has 0 saturated carbocycles. The summed E-state index contributed by atoms with van der Waals surface area (Å²) in [4.78, 5) is 16.6. The van der Waals surface area contributed by atoms with Gasteiger partial charge < -0.3 is 14.7 Å². The molecule has 3 rings (SSSR count). The lowest BCUT2D eigenvalue weighted by molar-refractivity contribution is 0.0236. The molecular weight excluding hydrogens is 406 g/mol. The van der Waals surface area contributed by atoms with E-state index in [0.29, 0.717) is 13.1 Å². The Morgan fingerprint density at radius 2 is 1.61 bits per heavy atom. The monoisotopic (exact) mass is 435 g/mol. The molecule has 0 spiro atoms. The minimum absolute atomic E-state index is 0.266. The molecule has 0 aliphatic carbocycles. The molecule has 31 heavy (non-hydrogen) atoms. The van der Waals surface area contributed by atoms with Gasteiger partial charge >= 0.3 is 6.09 Å². The first kappa shape index (κ1) is 22.8. The molecule has 0 bridgehead atoms. The summed E-state index contributed by atoms with van der Waals surface area (Å²) in [6, 6.07) is 25.5. The molecule has 5 heteroatoms. The van der Waals surface area contributed by atoms with Crippen molar-refractivity contribution in [1.82, 2.24) is 4.90 Å². The lowest BCUT2D eigenvalue weighted by Crippen LogP contribution is -2.37. The van der Waals surface area contributed by atoms with Crippen LogP contribution in [0.25, 0.3) is 0 Å². The van der Waals surface area contributed by atoms with E-state index in [0.717, 1.165) is 27.3 Å². The summed E-state index contributed by atoms with van der Waals surface area (Å²) in [5.74, 6) is 0.266. The Labute approximate surface area is 188 Å². The molecule has 1 N–H and O–H groups in total. The van der Waals surface area contributed by atoms with Gasteiger partial charge in [0.15, 0.2) is 0 Å². The molecule has 0 fully saturated rings. The molecule has 4 nitrogen and oxygen atoms in total. The second-order valence-corrected chi connectivity index (χ2v) is 9.53. The molecule has 0 aliphatic heterocycles. The van der Waals surface area contributed by atoms with E-state index in [2.05, 4.69) is 24.3 Å². The standard InChI is InChI=1S/C26H29NO3S/c1-26(2,3)30-25(29)27(19-21-8-5-4-6-9-21)17-16-20-12-14-23(15-13-20)31-24-11-7-10-22(28)18-24/h4-15,18,28H,16-17,19H2,1-3H3. The Bertz CT molecular complexity index is 982. The van der Waals surface area contributed by atoms with Crippen LogP contribution < -0.4 is 0 Å². The van der Waals surface area contributed by atoms with Gasteiger partial charge in [0.05, 0.1) is 0 Å². The highest BCUT2D eigenvalue weighted by molar-refractivity contribution is 7.99. The molecule has 0 unspecified atom stereocenters. The van der Waals surface area contributed by atoms with E-state index in [1.807, 2.05) is 63.2 Å². The maximum Gasteiger partial charge on any atom is 0.410 e. The molecule has 0 heterocycles. The number of rotatable bonds is 7. The minimum Gasteiger partial charge on any atom is -0.508 e. The fraction of sp³-hybridized carbons (Fsp3) is 0.269. The first-order chi connectivity index (χ1) is 14.8. The van der Waals surface area contributed by atoms with Crippen LogP contribution in [-0.4, -0.2) is 28.2 Å². The van der Waals surface area contributed by atoms with Crippen molar-refractivity contribution >= 4 is 17.9 Å². The van der Waals surface area contributed by atoms with Crippen molar-refractivity contribution in [3.63, 3.8) is 0 Å². The zero-order chi connectivity index (χ0) is 22.3. The second-order valence-electron chi connectivity index (χ2n) is 8.38. The minimum atomic E-state index is -0.531. The topological polar surface area (TPSA) is 49.8 Å². The van der Waals surface area contributed by atoms with E-state index in [-0.39, 0.29) is 11.8 Å². The van der Waals surface area contributed by atoms with Crippen LogP contribution in [0.2, 0.25) is 0 Å². The van der Waals surface area contributed by atoms with Crippen LogP contribution >= 0.6 is 11.8 Å². The number of amides is 1. The van der Waals surface area contributed by atoms with Crippen molar-refractivity contribution in [2.45, 2.75) is 49.1 Å². The summed E-state index contributed by atoms with van der Waals surface area (Å²) in [6.07, 6.45) is 0.441. The molecule has 1 amide bonds. The number of nitrogens with zero attached hydrogens (tertiary/aromatic N) is 1. The average molecular weight is 436 g/mol. The predicted octanol–water partition coefficient (Wildman–Crippen LogP) is 6.52. The summed E-state index contributed by atoms with van der Waals surface area (Å²) in [5.41, 5.74) is 1.70. The molecular formula is C26H29NO3S. The predicted molar refractivity (Wildman–Crippen MR) is 125 cm³/mol. The Balaban J connectivity index is 1.63. The van der Waals surface area contributed by atoms with E-state index in [1.54, 1.807) is 28.8 Å². The van der Waals surface area contributed by atoms with E-state index in [4.69, 9.17) is 4.74 Å². The summed E-state index contributed by atoms with van der Waals surface area (Å²) in [7, 11) is 0. The number of hydrogen-bond acceptors (Lipinski definition) is 4. The van der Waals surface area contributed by atoms with E-state index in [1.165, 1.54) is 0 Å². The fourth-order valence-corrected chi connectivity index (χ4v) is 3.91. The Kier molecular flexibility index (Phi) is 7.64. The normalized spacial score (nSPS) is 11.2. The van der Waals surface area contributed by atoms with Crippen LogP contribution in [0.4, 0.5) is 4.79 Å². The fourth-order valence-electron chi connectivity index (χ4n) is 3.04. The summed E-state index contributed by atoms with van der Waals surface area (Å²) >= 11 is 1.60. The Hall–Kier alpha value is -2.92. The Morgan fingerprint density at radius 3 is 2.26 bits per heavy atom. The Morgan fingerprint density at radius 1 is 0.903 bits per heavy atom. The van der Waals surface area contributed by atoms with Crippen LogP contribution in [0.3, 0.4) is 0 Å². The third-order valence-corrected chi connectivity index (χ3v) is 5.51. The third kappa shape index (κ3) is 7.68. The van der Waals surface area contributed by atoms with Crippen LogP contribution in [-0.2, 0) is 17.7 Å². The largest absolute Gasteiger partial charge is 0.508 e. The van der Waals surface area contributed by atoms with Crippen molar-refractivity contribution in [2.24, 2.45) is 0 Å². The van der Waals surface area contributed by atoms with E-state index in [9.17, 15) is 9.90 Å². The van der Waals surface area contributed by atoms with Gasteiger partial charge in [0.25, 0.3) is 0 Å². The number of phenols is 1. The maximum absolute atomic E-state index is 12.7. The van der Waals surface area contributed by atoms with Gasteiger partial charge in [-0.25, -0.2) is 4.79 Å². The number of benzene rings is 3. The molecule has 3 aromatic carbocycles. The van der Waals surface area contributed by atoms with Crippen molar-refractivity contribution in [2.75, 3.05) is 6.54 Å². The highest BCUT2D eigenvalue weighted by Gasteiger charge is 2.22. The van der Waals surface area contributed by atoms with Gasteiger partial charge in [-0.2, -0.15) is 0 Å². The zero-order valence-electron chi connectivity index (χ0n) is 18.2. The molecule has 162 valence electrons.